The molecule has 0 aromatic heterocycles. The number of hydrogen-bond acceptors (Lipinski definition) is 6. The van der Waals surface area contributed by atoms with Crippen LogP contribution in [-0.2, 0) is 9.53 Å². The summed E-state index contributed by atoms with van der Waals surface area (Å²) in [5.74, 6) is 1.31. The number of anilines is 1. The number of rotatable bonds is 7. The second-order valence-electron chi connectivity index (χ2n) is 8.57. The first-order valence-corrected chi connectivity index (χ1v) is 12.7. The number of amides is 2. The normalized spacial score (nSPS) is 18.5. The van der Waals surface area contributed by atoms with Crippen LogP contribution in [0.2, 0.25) is 5.02 Å². The molecule has 2 amide bonds. The Morgan fingerprint density at radius 3 is 2.59 bits per heavy atom. The van der Waals surface area contributed by atoms with Gasteiger partial charge in [-0.15, -0.1) is 0 Å². The SMILES string of the molecule is COC(=O)[N+]1(CCCOc2ccc(OC)cc2C2Sc3cc(Cl)ccc3N2C(C)=O)CCCC1. The highest BCUT2D eigenvalue weighted by Gasteiger charge is 2.41. The molecule has 1 fully saturated rings. The molecule has 0 radical (unpaired) electrons. The van der Waals surface area contributed by atoms with Crippen LogP contribution in [0.5, 0.6) is 11.5 Å². The zero-order valence-corrected chi connectivity index (χ0v) is 21.3. The summed E-state index contributed by atoms with van der Waals surface area (Å²) in [5.41, 5.74) is 1.68. The number of methoxy groups -OCH3 is 2. The van der Waals surface area contributed by atoms with Gasteiger partial charge in [0.15, 0.2) is 0 Å². The molecule has 182 valence electrons. The maximum atomic E-state index is 12.6. The average molecular weight is 506 g/mol. The largest absolute Gasteiger partial charge is 0.515 e. The van der Waals surface area contributed by atoms with Crippen molar-refractivity contribution >= 4 is 41.1 Å². The summed E-state index contributed by atoms with van der Waals surface area (Å²) in [7, 11) is 3.07. The van der Waals surface area contributed by atoms with Gasteiger partial charge in [0.1, 0.15) is 16.9 Å². The summed E-state index contributed by atoms with van der Waals surface area (Å²) < 4.78 is 17.1. The second kappa shape index (κ2) is 10.5. The molecule has 1 unspecified atom stereocenters. The number of hydrogen-bond donors (Lipinski definition) is 0. The van der Waals surface area contributed by atoms with E-state index in [9.17, 15) is 9.59 Å². The van der Waals surface area contributed by atoms with E-state index >= 15 is 0 Å². The van der Waals surface area contributed by atoms with Gasteiger partial charge < -0.3 is 14.2 Å². The number of halogens is 1. The molecular formula is C25H30ClN2O5S+. The lowest BCUT2D eigenvalue weighted by Gasteiger charge is -2.29. The fourth-order valence-corrected chi connectivity index (χ4v) is 6.42. The van der Waals surface area contributed by atoms with Gasteiger partial charge in [0.25, 0.3) is 0 Å². The third kappa shape index (κ3) is 4.85. The van der Waals surface area contributed by atoms with Crippen molar-refractivity contribution in [2.24, 2.45) is 0 Å². The van der Waals surface area contributed by atoms with Crippen LogP contribution in [0, 0.1) is 0 Å². The van der Waals surface area contributed by atoms with E-state index in [1.54, 1.807) is 36.8 Å². The molecular weight excluding hydrogens is 476 g/mol. The molecule has 0 saturated carbocycles. The van der Waals surface area contributed by atoms with Crippen molar-refractivity contribution in [2.45, 2.75) is 36.5 Å². The molecule has 1 saturated heterocycles. The van der Waals surface area contributed by atoms with Crippen molar-refractivity contribution in [2.75, 3.05) is 45.4 Å². The van der Waals surface area contributed by atoms with Crippen LogP contribution in [0.3, 0.4) is 0 Å². The molecule has 0 bridgehead atoms. The van der Waals surface area contributed by atoms with Gasteiger partial charge >= 0.3 is 6.09 Å². The number of carbonyl (C=O) groups is 2. The van der Waals surface area contributed by atoms with Gasteiger partial charge in [-0.05, 0) is 36.4 Å². The quantitative estimate of drug-likeness (QED) is 0.358. The number of likely N-dealkylation sites (tertiary alicyclic amines) is 1. The Morgan fingerprint density at radius 1 is 1.15 bits per heavy atom. The first-order chi connectivity index (χ1) is 16.4. The first-order valence-electron chi connectivity index (χ1n) is 11.4. The van der Waals surface area contributed by atoms with Gasteiger partial charge in [0.2, 0.25) is 5.91 Å². The second-order valence-corrected chi connectivity index (χ2v) is 10.1. The minimum absolute atomic E-state index is 0.0640. The Balaban J connectivity index is 1.54. The number of nitrogens with zero attached hydrogens (tertiary/aromatic N) is 2. The summed E-state index contributed by atoms with van der Waals surface area (Å²) in [6.45, 7) is 4.32. The van der Waals surface area contributed by atoms with E-state index in [0.29, 0.717) is 40.6 Å². The van der Waals surface area contributed by atoms with E-state index < -0.39 is 0 Å². The van der Waals surface area contributed by atoms with Crippen LogP contribution in [-0.4, -0.2) is 56.9 Å². The monoisotopic (exact) mass is 505 g/mol. The van der Waals surface area contributed by atoms with E-state index in [1.807, 2.05) is 30.3 Å². The molecule has 7 nitrogen and oxygen atoms in total. The Hall–Kier alpha value is -2.42. The van der Waals surface area contributed by atoms with E-state index in [1.165, 1.54) is 7.11 Å². The number of thioether (sulfide) groups is 1. The average Bonchev–Trinajstić information content (AvgIpc) is 3.46. The highest BCUT2D eigenvalue weighted by molar-refractivity contribution is 8.00. The van der Waals surface area contributed by atoms with E-state index in [-0.39, 0.29) is 17.4 Å². The molecule has 0 spiro atoms. The van der Waals surface area contributed by atoms with Gasteiger partial charge in [0.05, 0.1) is 46.1 Å². The van der Waals surface area contributed by atoms with E-state index in [0.717, 1.165) is 42.1 Å². The highest BCUT2D eigenvalue weighted by Crippen LogP contribution is 2.54. The van der Waals surface area contributed by atoms with Crippen LogP contribution >= 0.6 is 23.4 Å². The van der Waals surface area contributed by atoms with Crippen LogP contribution in [0.25, 0.3) is 0 Å². The van der Waals surface area contributed by atoms with E-state index in [4.69, 9.17) is 25.8 Å². The molecule has 0 aliphatic carbocycles. The third-order valence-corrected chi connectivity index (χ3v) is 7.95. The topological polar surface area (TPSA) is 65.1 Å². The van der Waals surface area contributed by atoms with Crippen molar-refractivity contribution in [1.82, 2.24) is 0 Å². The van der Waals surface area contributed by atoms with Gasteiger partial charge in [0, 0.05) is 41.7 Å². The van der Waals surface area contributed by atoms with Crippen LogP contribution in [0.4, 0.5) is 10.5 Å². The standard InChI is InChI=1S/C25H30ClN2O5S/c1-17(29)27-21-9-7-18(26)15-23(21)34-24(27)20-16-19(31-2)8-10-22(20)33-14-6-13-28(25(30)32-3)11-4-5-12-28/h7-10,15-16,24H,4-6,11-14H2,1-3H3/q+1. The predicted molar refractivity (Wildman–Crippen MR) is 133 cm³/mol. The Morgan fingerprint density at radius 2 is 1.91 bits per heavy atom. The van der Waals surface area contributed by atoms with Crippen molar-refractivity contribution in [3.8, 4) is 11.5 Å². The van der Waals surface area contributed by atoms with Gasteiger partial charge in [-0.1, -0.05) is 23.4 Å². The molecule has 2 aliphatic rings. The van der Waals surface area contributed by atoms with Gasteiger partial charge in [-0.2, -0.15) is 4.79 Å². The Bertz CT molecular complexity index is 1070. The minimum atomic E-state index is -0.303. The molecule has 2 aliphatic heterocycles. The lowest BCUT2D eigenvalue weighted by Crippen LogP contribution is -2.51. The van der Waals surface area contributed by atoms with E-state index in [2.05, 4.69) is 0 Å². The van der Waals surface area contributed by atoms with Crippen LogP contribution < -0.4 is 14.4 Å². The van der Waals surface area contributed by atoms with Crippen molar-refractivity contribution in [1.29, 1.82) is 0 Å². The Labute approximate surface area is 209 Å². The lowest BCUT2D eigenvalue weighted by molar-refractivity contribution is -0.845. The van der Waals surface area contributed by atoms with Gasteiger partial charge in [-0.25, -0.2) is 4.48 Å². The van der Waals surface area contributed by atoms with Crippen molar-refractivity contribution in [3.63, 3.8) is 0 Å². The molecule has 9 heteroatoms. The highest BCUT2D eigenvalue weighted by atomic mass is 35.5. The number of fused-ring (bicyclic) bond motifs is 1. The molecule has 2 aromatic carbocycles. The van der Waals surface area contributed by atoms with Crippen molar-refractivity contribution in [3.05, 3.63) is 47.0 Å². The smallest absolute Gasteiger partial charge is 0.497 e. The zero-order valence-electron chi connectivity index (χ0n) is 19.7. The zero-order chi connectivity index (χ0) is 24.3. The summed E-state index contributed by atoms with van der Waals surface area (Å²) in [6, 6.07) is 11.2. The number of carbonyl (C=O) groups excluding carboxylic acids is 2. The minimum Gasteiger partial charge on any atom is -0.497 e. The molecule has 1 atom stereocenters. The maximum absolute atomic E-state index is 12.6. The predicted octanol–water partition coefficient (Wildman–Crippen LogP) is 5.65. The summed E-state index contributed by atoms with van der Waals surface area (Å²) >= 11 is 7.77. The number of quaternary nitrogens is 1. The maximum Gasteiger partial charge on any atom is 0.515 e. The van der Waals surface area contributed by atoms with Crippen LogP contribution in [0.15, 0.2) is 41.3 Å². The third-order valence-electron chi connectivity index (χ3n) is 6.45. The summed E-state index contributed by atoms with van der Waals surface area (Å²) in [6.07, 6.45) is 2.61. The summed E-state index contributed by atoms with van der Waals surface area (Å²) in [5, 5.41) is 0.324. The fourth-order valence-electron chi connectivity index (χ4n) is 4.78. The number of ether oxygens (including phenoxy) is 3. The van der Waals surface area contributed by atoms with Crippen LogP contribution in [0.1, 0.15) is 37.1 Å². The first kappa shape index (κ1) is 24.7. The molecule has 4 rings (SSSR count). The molecule has 2 heterocycles. The lowest BCUT2D eigenvalue weighted by atomic mass is 10.1. The molecule has 0 N–H and O–H groups in total. The molecule has 2 aromatic rings. The van der Waals surface area contributed by atoms with Crippen molar-refractivity contribution < 1.29 is 28.3 Å². The summed E-state index contributed by atoms with van der Waals surface area (Å²) in [4.78, 5) is 27.7. The molecule has 34 heavy (non-hydrogen) atoms. The Kier molecular flexibility index (Phi) is 7.60. The van der Waals surface area contributed by atoms with Gasteiger partial charge in [-0.3, -0.25) is 9.69 Å². The number of benzene rings is 2. The fraction of sp³-hybridized carbons (Fsp3) is 0.440.